The van der Waals surface area contributed by atoms with Crippen LogP contribution in [0.4, 0.5) is 0 Å². The molecule has 0 aromatic heterocycles. The fraction of sp³-hybridized carbons (Fsp3) is 0.500. The highest BCUT2D eigenvalue weighted by atomic mass is 16.5. The van der Waals surface area contributed by atoms with E-state index in [1.807, 2.05) is 0 Å². The molecule has 0 aliphatic heterocycles. The van der Waals surface area contributed by atoms with Crippen molar-refractivity contribution in [1.29, 1.82) is 0 Å². The number of ether oxygens (including phenoxy) is 1. The van der Waals surface area contributed by atoms with E-state index in [4.69, 9.17) is 9.84 Å². The van der Waals surface area contributed by atoms with Gasteiger partial charge in [0, 0.05) is 11.6 Å². The van der Waals surface area contributed by atoms with Crippen molar-refractivity contribution in [2.24, 2.45) is 5.92 Å². The van der Waals surface area contributed by atoms with Crippen LogP contribution in [-0.4, -0.2) is 30.3 Å². The van der Waals surface area contributed by atoms with Gasteiger partial charge in [-0.1, -0.05) is 13.8 Å². The first-order valence-corrected chi connectivity index (χ1v) is 6.17. The maximum Gasteiger partial charge on any atom is 0.251 e. The Hall–Kier alpha value is -1.55. The molecular formula is C14H21NO3. The minimum absolute atomic E-state index is 0.0681. The summed E-state index contributed by atoms with van der Waals surface area (Å²) in [5.41, 5.74) is 0.562. The van der Waals surface area contributed by atoms with E-state index in [0.717, 1.165) is 5.75 Å². The molecule has 1 atom stereocenters. The number of nitrogens with one attached hydrogen (secondary N) is 1. The minimum Gasteiger partial charge on any atom is -0.493 e. The van der Waals surface area contributed by atoms with Crippen LogP contribution in [0.15, 0.2) is 24.3 Å². The Balaban J connectivity index is 2.56. The molecule has 0 aliphatic rings. The van der Waals surface area contributed by atoms with E-state index in [0.29, 0.717) is 18.1 Å². The van der Waals surface area contributed by atoms with Crippen molar-refractivity contribution in [3.05, 3.63) is 29.8 Å². The van der Waals surface area contributed by atoms with E-state index in [1.165, 1.54) is 0 Å². The van der Waals surface area contributed by atoms with Crippen LogP contribution in [0, 0.1) is 5.92 Å². The number of carbonyl (C=O) groups excluding carboxylic acids is 1. The zero-order valence-electron chi connectivity index (χ0n) is 11.1. The van der Waals surface area contributed by atoms with E-state index >= 15 is 0 Å². The van der Waals surface area contributed by atoms with Gasteiger partial charge in [-0.25, -0.2) is 0 Å². The summed E-state index contributed by atoms with van der Waals surface area (Å²) in [6.07, 6.45) is 0. The molecule has 0 aliphatic carbocycles. The second-order valence-electron chi connectivity index (χ2n) is 4.79. The van der Waals surface area contributed by atoms with Crippen molar-refractivity contribution in [3.8, 4) is 5.75 Å². The molecule has 0 bridgehead atoms. The number of hydrogen-bond donors (Lipinski definition) is 2. The van der Waals surface area contributed by atoms with Gasteiger partial charge in [0.05, 0.1) is 13.2 Å². The fourth-order valence-corrected chi connectivity index (χ4v) is 1.32. The van der Waals surface area contributed by atoms with Crippen LogP contribution in [0.1, 0.15) is 31.1 Å². The summed E-state index contributed by atoms with van der Waals surface area (Å²) in [5.74, 6) is 1.04. The van der Waals surface area contributed by atoms with E-state index in [9.17, 15) is 4.79 Å². The predicted octanol–water partition coefficient (Wildman–Crippen LogP) is 1.83. The van der Waals surface area contributed by atoms with Gasteiger partial charge in [0.25, 0.3) is 5.91 Å². The van der Waals surface area contributed by atoms with Gasteiger partial charge in [0.1, 0.15) is 5.75 Å². The molecule has 0 unspecified atom stereocenters. The monoisotopic (exact) mass is 251 g/mol. The Bertz CT molecular complexity index is 373. The number of amides is 1. The van der Waals surface area contributed by atoms with Gasteiger partial charge in [-0.15, -0.1) is 0 Å². The number of aliphatic hydroxyl groups excluding tert-OH is 1. The van der Waals surface area contributed by atoms with E-state index < -0.39 is 0 Å². The Kier molecular flexibility index (Phi) is 5.65. The van der Waals surface area contributed by atoms with Crippen molar-refractivity contribution in [2.45, 2.75) is 26.8 Å². The number of hydrogen-bond acceptors (Lipinski definition) is 3. The third-order valence-corrected chi connectivity index (χ3v) is 2.35. The van der Waals surface area contributed by atoms with Gasteiger partial charge < -0.3 is 15.2 Å². The van der Waals surface area contributed by atoms with Gasteiger partial charge in [0.2, 0.25) is 0 Å². The summed E-state index contributed by atoms with van der Waals surface area (Å²) >= 11 is 0. The molecule has 0 saturated carbocycles. The topological polar surface area (TPSA) is 58.6 Å². The second-order valence-corrected chi connectivity index (χ2v) is 4.79. The average molecular weight is 251 g/mol. The Morgan fingerprint density at radius 1 is 1.28 bits per heavy atom. The van der Waals surface area contributed by atoms with Crippen LogP contribution in [0.2, 0.25) is 0 Å². The maximum absolute atomic E-state index is 11.7. The smallest absolute Gasteiger partial charge is 0.251 e. The maximum atomic E-state index is 11.7. The van der Waals surface area contributed by atoms with Gasteiger partial charge >= 0.3 is 0 Å². The number of rotatable bonds is 6. The van der Waals surface area contributed by atoms with Crippen LogP contribution in [0.5, 0.6) is 5.75 Å². The highest BCUT2D eigenvalue weighted by molar-refractivity contribution is 5.94. The molecule has 1 rings (SSSR count). The third kappa shape index (κ3) is 4.75. The third-order valence-electron chi connectivity index (χ3n) is 2.35. The lowest BCUT2D eigenvalue weighted by molar-refractivity contribution is 0.0922. The van der Waals surface area contributed by atoms with Gasteiger partial charge in [-0.2, -0.15) is 0 Å². The number of benzene rings is 1. The number of carbonyl (C=O) groups is 1. The molecule has 1 amide bonds. The summed E-state index contributed by atoms with van der Waals surface area (Å²) in [5, 5.41) is 11.5. The predicted molar refractivity (Wildman–Crippen MR) is 70.8 cm³/mol. The Morgan fingerprint density at radius 3 is 2.39 bits per heavy atom. The van der Waals surface area contributed by atoms with Crippen molar-refractivity contribution in [1.82, 2.24) is 5.32 Å². The molecule has 0 saturated heterocycles. The van der Waals surface area contributed by atoms with Gasteiger partial charge in [-0.05, 0) is 37.1 Å². The Labute approximate surface area is 108 Å². The molecule has 1 aromatic rings. The highest BCUT2D eigenvalue weighted by Crippen LogP contribution is 2.13. The first-order chi connectivity index (χ1) is 8.52. The van der Waals surface area contributed by atoms with E-state index in [1.54, 1.807) is 31.2 Å². The summed E-state index contributed by atoms with van der Waals surface area (Å²) in [7, 11) is 0. The summed E-state index contributed by atoms with van der Waals surface area (Å²) in [4.78, 5) is 11.7. The van der Waals surface area contributed by atoms with Crippen molar-refractivity contribution in [3.63, 3.8) is 0 Å². The quantitative estimate of drug-likeness (QED) is 0.811. The van der Waals surface area contributed by atoms with Crippen LogP contribution < -0.4 is 10.1 Å². The van der Waals surface area contributed by atoms with Crippen molar-refractivity contribution < 1.29 is 14.6 Å². The largest absolute Gasteiger partial charge is 0.493 e. The van der Waals surface area contributed by atoms with Crippen molar-refractivity contribution in [2.75, 3.05) is 13.2 Å². The molecule has 0 spiro atoms. The molecule has 4 nitrogen and oxygen atoms in total. The lowest BCUT2D eigenvalue weighted by atomic mass is 10.2. The summed E-state index contributed by atoms with van der Waals surface area (Å²) < 4.78 is 5.53. The Morgan fingerprint density at radius 2 is 1.89 bits per heavy atom. The molecule has 2 N–H and O–H groups in total. The SMILES string of the molecule is CC(C)COc1ccc(C(=O)N[C@H](C)CO)cc1. The average Bonchev–Trinajstić information content (AvgIpc) is 2.36. The molecule has 4 heteroatoms. The van der Waals surface area contributed by atoms with Gasteiger partial charge in [-0.3, -0.25) is 4.79 Å². The zero-order valence-corrected chi connectivity index (χ0v) is 11.1. The minimum atomic E-state index is -0.241. The van der Waals surface area contributed by atoms with E-state index in [2.05, 4.69) is 19.2 Å². The molecule has 0 fully saturated rings. The lowest BCUT2D eigenvalue weighted by Gasteiger charge is -2.12. The molecule has 0 radical (unpaired) electrons. The van der Waals surface area contributed by atoms with Crippen LogP contribution >= 0.6 is 0 Å². The first-order valence-electron chi connectivity index (χ1n) is 6.17. The first kappa shape index (κ1) is 14.5. The molecule has 1 aromatic carbocycles. The highest BCUT2D eigenvalue weighted by Gasteiger charge is 2.08. The molecule has 0 heterocycles. The molecule has 100 valence electrons. The lowest BCUT2D eigenvalue weighted by Crippen LogP contribution is -2.34. The zero-order chi connectivity index (χ0) is 13.5. The van der Waals surface area contributed by atoms with Crippen molar-refractivity contribution >= 4 is 5.91 Å². The standard InChI is InChI=1S/C14H21NO3/c1-10(2)9-18-13-6-4-12(5-7-13)14(17)15-11(3)8-16/h4-7,10-11,16H,8-9H2,1-3H3,(H,15,17)/t11-/m1/s1. The summed E-state index contributed by atoms with van der Waals surface area (Å²) in [6.45, 7) is 6.50. The molecular weight excluding hydrogens is 230 g/mol. The summed E-state index contributed by atoms with van der Waals surface area (Å²) in [6, 6.07) is 6.75. The second kappa shape index (κ2) is 7.01. The fourth-order valence-electron chi connectivity index (χ4n) is 1.32. The normalized spacial score (nSPS) is 12.3. The molecule has 18 heavy (non-hydrogen) atoms. The van der Waals surface area contributed by atoms with Gasteiger partial charge in [0.15, 0.2) is 0 Å². The van der Waals surface area contributed by atoms with E-state index in [-0.39, 0.29) is 18.6 Å². The van der Waals surface area contributed by atoms with Crippen LogP contribution in [0.25, 0.3) is 0 Å². The van der Waals surface area contributed by atoms with Crippen LogP contribution in [-0.2, 0) is 0 Å². The van der Waals surface area contributed by atoms with Crippen LogP contribution in [0.3, 0.4) is 0 Å². The number of aliphatic hydroxyl groups is 1.